The third kappa shape index (κ3) is 6.49. The van der Waals surface area contributed by atoms with Gasteiger partial charge in [0, 0.05) is 11.8 Å². The van der Waals surface area contributed by atoms with Crippen molar-refractivity contribution in [3.05, 3.63) is 36.2 Å². The van der Waals surface area contributed by atoms with Crippen LogP contribution in [0.3, 0.4) is 0 Å². The number of aromatic nitrogens is 2. The van der Waals surface area contributed by atoms with Gasteiger partial charge in [0.2, 0.25) is 5.82 Å². The van der Waals surface area contributed by atoms with Gasteiger partial charge in [-0.05, 0) is 53.7 Å². The van der Waals surface area contributed by atoms with E-state index >= 15 is 4.39 Å². The zero-order valence-corrected chi connectivity index (χ0v) is 18.0. The largest absolute Gasteiger partial charge is 0.443 e. The molecule has 0 unspecified atom stereocenters. The molecule has 11 heteroatoms. The number of carbonyl (C=O) groups excluding carboxylic acids is 2. The molecule has 0 aliphatic heterocycles. The van der Waals surface area contributed by atoms with Crippen LogP contribution in [0, 0.1) is 11.6 Å². The van der Waals surface area contributed by atoms with E-state index in [9.17, 15) is 14.0 Å². The first-order valence-corrected chi connectivity index (χ1v) is 9.17. The molecule has 0 aliphatic carbocycles. The number of amides is 2. The number of imide groups is 1. The summed E-state index contributed by atoms with van der Waals surface area (Å²) < 4.78 is 44.7. The number of hydrogen-bond donors (Lipinski definition) is 1. The lowest BCUT2D eigenvalue weighted by Gasteiger charge is -2.28. The SMILES string of the molecule is CC(C)(C)OC(=O)N(C(=O)OC(C)(C)C)c1ncnc(Oc2ccc(N)cc2F)c1F. The van der Waals surface area contributed by atoms with Gasteiger partial charge in [0.15, 0.2) is 17.4 Å². The third-order valence-corrected chi connectivity index (χ3v) is 3.27. The van der Waals surface area contributed by atoms with E-state index in [2.05, 4.69) is 9.97 Å². The van der Waals surface area contributed by atoms with Gasteiger partial charge in [-0.15, -0.1) is 0 Å². The number of carbonyl (C=O) groups is 2. The van der Waals surface area contributed by atoms with E-state index in [1.165, 1.54) is 12.1 Å². The summed E-state index contributed by atoms with van der Waals surface area (Å²) in [7, 11) is 0. The maximum atomic E-state index is 15.2. The molecule has 0 aliphatic rings. The second-order valence-electron chi connectivity index (χ2n) is 8.40. The second-order valence-corrected chi connectivity index (χ2v) is 8.40. The number of hydrogen-bond acceptors (Lipinski definition) is 8. The van der Waals surface area contributed by atoms with Crippen molar-refractivity contribution in [1.29, 1.82) is 0 Å². The number of benzene rings is 1. The Balaban J connectivity index is 2.49. The van der Waals surface area contributed by atoms with Gasteiger partial charge in [-0.1, -0.05) is 0 Å². The molecule has 0 saturated heterocycles. The number of ether oxygens (including phenoxy) is 3. The predicted octanol–water partition coefficient (Wildman–Crippen LogP) is 4.81. The van der Waals surface area contributed by atoms with Crippen LogP contribution in [-0.2, 0) is 9.47 Å². The summed E-state index contributed by atoms with van der Waals surface area (Å²) in [4.78, 5) is 32.9. The maximum absolute atomic E-state index is 15.2. The van der Waals surface area contributed by atoms with Crippen molar-refractivity contribution in [2.75, 3.05) is 10.6 Å². The van der Waals surface area contributed by atoms with Gasteiger partial charge in [-0.3, -0.25) is 0 Å². The Morgan fingerprint density at radius 1 is 0.968 bits per heavy atom. The zero-order valence-electron chi connectivity index (χ0n) is 18.0. The standard InChI is InChI=1S/C20H24F2N4O5/c1-19(2,3)30-17(27)26(18(28)31-20(4,5)6)15-14(22)16(25-10-24-15)29-13-8-7-11(23)9-12(13)21/h7-10H,23H2,1-6H3. The molecule has 0 atom stereocenters. The molecule has 9 nitrogen and oxygen atoms in total. The Bertz CT molecular complexity index is 959. The number of nitrogens with zero attached hydrogens (tertiary/aromatic N) is 3. The molecular formula is C20H24F2N4O5. The van der Waals surface area contributed by atoms with Gasteiger partial charge in [0.05, 0.1) is 0 Å². The van der Waals surface area contributed by atoms with E-state index in [-0.39, 0.29) is 16.3 Å². The Labute approximate surface area is 178 Å². The van der Waals surface area contributed by atoms with Crippen molar-refractivity contribution in [3.8, 4) is 11.6 Å². The smallest absolute Gasteiger partial charge is 0.425 e. The zero-order chi connectivity index (χ0) is 23.6. The van der Waals surface area contributed by atoms with Crippen LogP contribution >= 0.6 is 0 Å². The van der Waals surface area contributed by atoms with Gasteiger partial charge < -0.3 is 19.9 Å². The van der Waals surface area contributed by atoms with Crippen molar-refractivity contribution in [3.63, 3.8) is 0 Å². The highest BCUT2D eigenvalue weighted by atomic mass is 19.1. The molecule has 0 fully saturated rings. The number of rotatable bonds is 3. The molecule has 2 aromatic rings. The fourth-order valence-electron chi connectivity index (χ4n) is 2.14. The maximum Gasteiger partial charge on any atom is 0.425 e. The molecule has 2 N–H and O–H groups in total. The first-order chi connectivity index (χ1) is 14.2. The summed E-state index contributed by atoms with van der Waals surface area (Å²) in [6.45, 7) is 9.37. The Kier molecular flexibility index (Phi) is 6.67. The first-order valence-electron chi connectivity index (χ1n) is 9.17. The topological polar surface area (TPSA) is 117 Å². The van der Waals surface area contributed by atoms with Crippen molar-refractivity contribution >= 4 is 23.7 Å². The molecule has 1 aromatic carbocycles. The highest BCUT2D eigenvalue weighted by molar-refractivity contribution is 6.08. The predicted molar refractivity (Wildman–Crippen MR) is 108 cm³/mol. The summed E-state index contributed by atoms with van der Waals surface area (Å²) in [6.07, 6.45) is -1.63. The summed E-state index contributed by atoms with van der Waals surface area (Å²) in [5.41, 5.74) is 3.60. The van der Waals surface area contributed by atoms with E-state index in [4.69, 9.17) is 19.9 Å². The third-order valence-electron chi connectivity index (χ3n) is 3.27. The van der Waals surface area contributed by atoms with E-state index in [0.29, 0.717) is 0 Å². The van der Waals surface area contributed by atoms with Crippen LogP contribution in [0.1, 0.15) is 41.5 Å². The minimum atomic E-state index is -1.31. The van der Waals surface area contributed by atoms with Crippen molar-refractivity contribution in [2.45, 2.75) is 52.7 Å². The lowest BCUT2D eigenvalue weighted by Crippen LogP contribution is -2.44. The number of nitrogens with two attached hydrogens (primary N) is 1. The van der Waals surface area contributed by atoms with Crippen LogP contribution in [0.15, 0.2) is 24.5 Å². The van der Waals surface area contributed by atoms with Crippen LogP contribution in [-0.4, -0.2) is 33.4 Å². The fourth-order valence-corrected chi connectivity index (χ4v) is 2.14. The Morgan fingerprint density at radius 3 is 2.00 bits per heavy atom. The molecule has 0 bridgehead atoms. The van der Waals surface area contributed by atoms with Crippen molar-refractivity contribution < 1.29 is 32.6 Å². The lowest BCUT2D eigenvalue weighted by molar-refractivity contribution is 0.0427. The van der Waals surface area contributed by atoms with Gasteiger partial charge in [-0.25, -0.2) is 19.0 Å². The minimum absolute atomic E-state index is 0.134. The summed E-state index contributed by atoms with van der Waals surface area (Å²) >= 11 is 0. The summed E-state index contributed by atoms with van der Waals surface area (Å²) in [5, 5.41) is 0. The van der Waals surface area contributed by atoms with Gasteiger partial charge in [-0.2, -0.15) is 14.3 Å². The molecule has 0 spiro atoms. The Hall–Kier alpha value is -3.50. The van der Waals surface area contributed by atoms with Crippen LogP contribution in [0.4, 0.5) is 29.9 Å². The second kappa shape index (κ2) is 8.70. The molecule has 168 valence electrons. The minimum Gasteiger partial charge on any atom is -0.443 e. The molecule has 31 heavy (non-hydrogen) atoms. The number of anilines is 2. The number of nitrogen functional groups attached to an aromatic ring is 1. The lowest BCUT2D eigenvalue weighted by atomic mass is 10.2. The van der Waals surface area contributed by atoms with Crippen LogP contribution in [0.25, 0.3) is 0 Å². The molecule has 1 aromatic heterocycles. The van der Waals surface area contributed by atoms with E-state index in [0.717, 1.165) is 12.4 Å². The van der Waals surface area contributed by atoms with Crippen LogP contribution in [0.5, 0.6) is 11.6 Å². The van der Waals surface area contributed by atoms with Crippen molar-refractivity contribution in [1.82, 2.24) is 9.97 Å². The quantitative estimate of drug-likeness (QED) is 0.679. The van der Waals surface area contributed by atoms with Crippen LogP contribution < -0.4 is 15.4 Å². The normalized spacial score (nSPS) is 11.6. The average molecular weight is 438 g/mol. The van der Waals surface area contributed by atoms with Crippen LogP contribution in [0.2, 0.25) is 0 Å². The molecule has 0 saturated carbocycles. The van der Waals surface area contributed by atoms with E-state index < -0.39 is 46.7 Å². The summed E-state index contributed by atoms with van der Waals surface area (Å²) in [6, 6.07) is 3.49. The van der Waals surface area contributed by atoms with Gasteiger partial charge in [0.1, 0.15) is 17.5 Å². The Morgan fingerprint density at radius 2 is 1.52 bits per heavy atom. The fraction of sp³-hybridized carbons (Fsp3) is 0.400. The van der Waals surface area contributed by atoms with E-state index in [1.54, 1.807) is 41.5 Å². The molecule has 0 radical (unpaired) electrons. The van der Waals surface area contributed by atoms with E-state index in [1.807, 2.05) is 0 Å². The van der Waals surface area contributed by atoms with Crippen molar-refractivity contribution in [2.24, 2.45) is 0 Å². The molecule has 2 amide bonds. The first kappa shape index (κ1) is 23.8. The monoisotopic (exact) mass is 438 g/mol. The highest BCUT2D eigenvalue weighted by Crippen LogP contribution is 2.31. The average Bonchev–Trinajstić information content (AvgIpc) is 2.57. The highest BCUT2D eigenvalue weighted by Gasteiger charge is 2.36. The van der Waals surface area contributed by atoms with Gasteiger partial charge in [0.25, 0.3) is 5.88 Å². The van der Waals surface area contributed by atoms with Gasteiger partial charge >= 0.3 is 12.2 Å². The summed E-state index contributed by atoms with van der Waals surface area (Å²) in [5.74, 6) is -4.07. The molecular weight excluding hydrogens is 414 g/mol. The number of halogens is 2. The molecule has 2 rings (SSSR count). The molecule has 1 heterocycles.